The first-order valence-corrected chi connectivity index (χ1v) is 1.82. The Morgan fingerprint density at radius 2 is 1.33 bits per heavy atom. The standard InChI is InChI=1S/C3H10N2.Pd/c4-2-1-3-5;/h1-5H2;. The molecule has 42 valence electrons. The monoisotopic (exact) mass is 180 g/mol. The molecule has 0 rings (SSSR count). The van der Waals surface area contributed by atoms with E-state index in [0.29, 0.717) is 0 Å². The molecule has 0 atom stereocenters. The maximum atomic E-state index is 5.06. The van der Waals surface area contributed by atoms with E-state index in [1.807, 2.05) is 0 Å². The van der Waals surface area contributed by atoms with Gasteiger partial charge in [-0.1, -0.05) is 0 Å². The molecule has 6 heavy (non-hydrogen) atoms. The molecule has 0 radical (unpaired) electrons. The normalized spacial score (nSPS) is 7.00. The van der Waals surface area contributed by atoms with Crippen LogP contribution in [0.1, 0.15) is 6.42 Å². The summed E-state index contributed by atoms with van der Waals surface area (Å²) in [6, 6.07) is 0. The van der Waals surface area contributed by atoms with Gasteiger partial charge in [0, 0.05) is 20.4 Å². The van der Waals surface area contributed by atoms with Crippen LogP contribution in [0.25, 0.3) is 0 Å². The van der Waals surface area contributed by atoms with Crippen LogP contribution < -0.4 is 11.5 Å². The molecule has 0 aliphatic heterocycles. The van der Waals surface area contributed by atoms with Crippen molar-refractivity contribution in [3.63, 3.8) is 0 Å². The molecule has 0 bridgehead atoms. The first kappa shape index (κ1) is 9.77. The van der Waals surface area contributed by atoms with Crippen molar-refractivity contribution in [2.24, 2.45) is 11.5 Å². The molecule has 2 nitrogen and oxygen atoms in total. The molecule has 4 N–H and O–H groups in total. The van der Waals surface area contributed by atoms with Gasteiger partial charge in [0.15, 0.2) is 0 Å². The van der Waals surface area contributed by atoms with E-state index in [0.717, 1.165) is 19.5 Å². The van der Waals surface area contributed by atoms with Gasteiger partial charge >= 0.3 is 0 Å². The number of rotatable bonds is 2. The van der Waals surface area contributed by atoms with Crippen LogP contribution in [0.3, 0.4) is 0 Å². The number of hydrogen-bond acceptors (Lipinski definition) is 2. The molecule has 0 saturated carbocycles. The quantitative estimate of drug-likeness (QED) is 0.552. The molecule has 3 heteroatoms. The van der Waals surface area contributed by atoms with Crippen LogP contribution in [0.15, 0.2) is 0 Å². The van der Waals surface area contributed by atoms with Crippen molar-refractivity contribution in [2.45, 2.75) is 6.42 Å². The Morgan fingerprint density at radius 3 is 1.33 bits per heavy atom. The molecule has 0 unspecified atom stereocenters. The molecule has 0 saturated heterocycles. The molecule has 0 amide bonds. The van der Waals surface area contributed by atoms with E-state index in [1.165, 1.54) is 0 Å². The smallest absolute Gasteiger partial charge is 0 e. The van der Waals surface area contributed by atoms with E-state index in [-0.39, 0.29) is 20.4 Å². The van der Waals surface area contributed by atoms with Crippen LogP contribution >= 0.6 is 0 Å². The summed E-state index contributed by atoms with van der Waals surface area (Å²) in [6.45, 7) is 1.44. The van der Waals surface area contributed by atoms with E-state index in [1.54, 1.807) is 0 Å². The van der Waals surface area contributed by atoms with Crippen LogP contribution in [0, 0.1) is 0 Å². The SMILES string of the molecule is NCCCN.[Pd]. The van der Waals surface area contributed by atoms with Crippen LogP contribution in [-0.4, -0.2) is 13.1 Å². The zero-order valence-electron chi connectivity index (χ0n) is 3.59. The minimum absolute atomic E-state index is 0. The summed E-state index contributed by atoms with van der Waals surface area (Å²) >= 11 is 0. The third-order valence-electron chi connectivity index (χ3n) is 0.408. The molecule has 0 aromatic heterocycles. The van der Waals surface area contributed by atoms with Crippen LogP contribution in [0.4, 0.5) is 0 Å². The molecule has 0 aliphatic rings. The predicted molar refractivity (Wildman–Crippen MR) is 22.7 cm³/mol. The first-order chi connectivity index (χ1) is 2.41. The van der Waals surface area contributed by atoms with E-state index in [2.05, 4.69) is 0 Å². The van der Waals surface area contributed by atoms with Gasteiger partial charge in [-0.3, -0.25) is 0 Å². The maximum absolute atomic E-state index is 5.06. The van der Waals surface area contributed by atoms with Crippen molar-refractivity contribution in [2.75, 3.05) is 13.1 Å². The first-order valence-electron chi connectivity index (χ1n) is 1.82. The van der Waals surface area contributed by atoms with Crippen molar-refractivity contribution in [3.05, 3.63) is 0 Å². The summed E-state index contributed by atoms with van der Waals surface area (Å²) in [5.41, 5.74) is 10.1. The Morgan fingerprint density at radius 1 is 1.00 bits per heavy atom. The van der Waals surface area contributed by atoms with E-state index >= 15 is 0 Å². The van der Waals surface area contributed by atoms with Crippen molar-refractivity contribution in [1.82, 2.24) is 0 Å². The fourth-order valence-corrected chi connectivity index (χ4v) is 0.118. The topological polar surface area (TPSA) is 52.0 Å². The Kier molecular flexibility index (Phi) is 14.9. The van der Waals surface area contributed by atoms with Crippen LogP contribution in [0.2, 0.25) is 0 Å². The fraction of sp³-hybridized carbons (Fsp3) is 1.00. The third-order valence-corrected chi connectivity index (χ3v) is 0.408. The summed E-state index contributed by atoms with van der Waals surface area (Å²) in [5, 5.41) is 0. The second-order valence-corrected chi connectivity index (χ2v) is 0.931. The molecule has 0 fully saturated rings. The van der Waals surface area contributed by atoms with E-state index < -0.39 is 0 Å². The van der Waals surface area contributed by atoms with Gasteiger partial charge in [-0.25, -0.2) is 0 Å². The van der Waals surface area contributed by atoms with Crippen molar-refractivity contribution in [3.8, 4) is 0 Å². The number of hydrogen-bond donors (Lipinski definition) is 2. The zero-order chi connectivity index (χ0) is 4.12. The third kappa shape index (κ3) is 8.82. The molecule has 0 spiro atoms. The summed E-state index contributed by atoms with van der Waals surface area (Å²) in [7, 11) is 0. The van der Waals surface area contributed by atoms with Crippen LogP contribution in [0.5, 0.6) is 0 Å². The fourth-order valence-electron chi connectivity index (χ4n) is 0.118. The second-order valence-electron chi connectivity index (χ2n) is 0.931. The Bertz CT molecular complexity index is 16.3. The molecule has 0 aromatic rings. The largest absolute Gasteiger partial charge is 0.330 e. The van der Waals surface area contributed by atoms with Crippen molar-refractivity contribution < 1.29 is 20.4 Å². The van der Waals surface area contributed by atoms with Gasteiger partial charge in [0.1, 0.15) is 0 Å². The van der Waals surface area contributed by atoms with E-state index in [9.17, 15) is 0 Å². The van der Waals surface area contributed by atoms with E-state index in [4.69, 9.17) is 11.5 Å². The molecule has 0 aliphatic carbocycles. The van der Waals surface area contributed by atoms with Gasteiger partial charge in [-0.05, 0) is 19.5 Å². The predicted octanol–water partition coefficient (Wildman–Crippen LogP) is -0.709. The van der Waals surface area contributed by atoms with Crippen LogP contribution in [-0.2, 0) is 20.4 Å². The molecule has 0 aromatic carbocycles. The molecule has 0 heterocycles. The summed E-state index contributed by atoms with van der Waals surface area (Å²) in [4.78, 5) is 0. The van der Waals surface area contributed by atoms with Crippen molar-refractivity contribution in [1.29, 1.82) is 0 Å². The Balaban J connectivity index is 0. The molecular weight excluding hydrogens is 170 g/mol. The van der Waals surface area contributed by atoms with Crippen molar-refractivity contribution >= 4 is 0 Å². The zero-order valence-corrected chi connectivity index (χ0v) is 5.15. The van der Waals surface area contributed by atoms with Gasteiger partial charge in [-0.15, -0.1) is 0 Å². The van der Waals surface area contributed by atoms with Gasteiger partial charge in [-0.2, -0.15) is 0 Å². The van der Waals surface area contributed by atoms with Gasteiger partial charge in [0.25, 0.3) is 0 Å². The maximum Gasteiger partial charge on any atom is 0 e. The minimum Gasteiger partial charge on any atom is -0.330 e. The summed E-state index contributed by atoms with van der Waals surface area (Å²) in [5.74, 6) is 0. The summed E-state index contributed by atoms with van der Waals surface area (Å²) < 4.78 is 0. The minimum atomic E-state index is 0. The second kappa shape index (κ2) is 9.13. The van der Waals surface area contributed by atoms with Gasteiger partial charge in [0.2, 0.25) is 0 Å². The Labute approximate surface area is 51.9 Å². The summed E-state index contributed by atoms with van der Waals surface area (Å²) in [6.07, 6.45) is 0.944. The Hall–Kier alpha value is 0.582. The number of nitrogens with two attached hydrogens (primary N) is 2. The molecular formula is C3H10N2Pd. The van der Waals surface area contributed by atoms with Gasteiger partial charge < -0.3 is 11.5 Å². The average Bonchev–Trinajstić information content (AvgIpc) is 1.41. The average molecular weight is 181 g/mol. The van der Waals surface area contributed by atoms with Gasteiger partial charge in [0.05, 0.1) is 0 Å².